The molecule has 2 bridgehead atoms. The van der Waals surface area contributed by atoms with Gasteiger partial charge in [-0.15, -0.1) is 0 Å². The third-order valence-electron chi connectivity index (χ3n) is 6.69. The normalized spacial score (nSPS) is 28.9. The van der Waals surface area contributed by atoms with Gasteiger partial charge in [-0.2, -0.15) is 8.42 Å². The summed E-state index contributed by atoms with van der Waals surface area (Å²) in [5, 5.41) is -1.16. The van der Waals surface area contributed by atoms with Gasteiger partial charge in [0, 0.05) is 32.4 Å². The van der Waals surface area contributed by atoms with Crippen LogP contribution in [-0.4, -0.2) is 50.8 Å². The van der Waals surface area contributed by atoms with E-state index in [-0.39, 0.29) is 24.9 Å². The molecule has 204 valence electrons. The van der Waals surface area contributed by atoms with Crippen LogP contribution in [-0.2, 0) is 34.0 Å². The zero-order valence-electron chi connectivity index (χ0n) is 18.3. The molecule has 3 fully saturated rings. The lowest BCUT2D eigenvalue weighted by Crippen LogP contribution is -2.46. The summed E-state index contributed by atoms with van der Waals surface area (Å²) in [5.41, 5.74) is 0.185. The second kappa shape index (κ2) is 10.4. The molecule has 1 saturated heterocycles. The first-order chi connectivity index (χ1) is 17.6. The van der Waals surface area contributed by atoms with Gasteiger partial charge in [0.2, 0.25) is 0 Å². The second-order valence-electron chi connectivity index (χ2n) is 8.81. The fourth-order valence-corrected chi connectivity index (χ4v) is 14.0. The minimum atomic E-state index is -4.76. The summed E-state index contributed by atoms with van der Waals surface area (Å²) in [6, 6.07) is 5.73. The molecule has 0 N–H and O–H groups in total. The number of fused-ring (bicyclic) bond motifs is 1. The zero-order chi connectivity index (χ0) is 27.9. The van der Waals surface area contributed by atoms with Gasteiger partial charge in [-0.05, 0) is 108 Å². The summed E-state index contributed by atoms with van der Waals surface area (Å²) < 4.78 is 78.6. The van der Waals surface area contributed by atoms with Crippen LogP contribution in [0.1, 0.15) is 16.8 Å². The molecule has 10 nitrogen and oxygen atoms in total. The predicted molar refractivity (Wildman–Crippen MR) is 157 cm³/mol. The predicted octanol–water partition coefficient (Wildman–Crippen LogP) is 4.58. The average molecular weight is 982 g/mol. The summed E-state index contributed by atoms with van der Waals surface area (Å²) in [6.07, 6.45) is -1.66. The Morgan fingerprint density at radius 2 is 1.61 bits per heavy atom. The van der Waals surface area contributed by atoms with Crippen LogP contribution in [0.5, 0.6) is 5.75 Å². The van der Waals surface area contributed by atoms with Crippen molar-refractivity contribution in [3.63, 3.8) is 0 Å². The molecule has 1 aliphatic heterocycles. The SMILES string of the molecule is O=C(OC1C2CC3C1OS(=O)(=O)C3C2C(=O)Oc1cc(I)c(S(=O)(=O)[O-])c(I)c1)c1c(Br)cc(Br)cc1Br. The molecule has 0 aromatic heterocycles. The van der Waals surface area contributed by atoms with E-state index in [9.17, 15) is 31.0 Å². The Labute approximate surface area is 269 Å². The van der Waals surface area contributed by atoms with Crippen molar-refractivity contribution >= 4 is 125 Å². The van der Waals surface area contributed by atoms with Crippen molar-refractivity contribution in [2.24, 2.45) is 17.8 Å². The first kappa shape index (κ1) is 29.6. The quantitative estimate of drug-likeness (QED) is 0.137. The molecule has 17 heteroatoms. The summed E-state index contributed by atoms with van der Waals surface area (Å²) >= 11 is 13.3. The first-order valence-electron chi connectivity index (χ1n) is 10.5. The lowest BCUT2D eigenvalue weighted by Gasteiger charge is -2.30. The molecule has 2 aliphatic carbocycles. The molecular formula is C21H12Br3I2O10S2-. The highest BCUT2D eigenvalue weighted by Crippen LogP contribution is 2.59. The van der Waals surface area contributed by atoms with Crippen molar-refractivity contribution in [3.8, 4) is 5.75 Å². The minimum absolute atomic E-state index is 0.0505. The van der Waals surface area contributed by atoms with E-state index < -0.39 is 72.3 Å². The lowest BCUT2D eigenvalue weighted by atomic mass is 9.84. The van der Waals surface area contributed by atoms with E-state index in [0.29, 0.717) is 13.4 Å². The van der Waals surface area contributed by atoms with Gasteiger partial charge in [0.25, 0.3) is 10.1 Å². The monoisotopic (exact) mass is 979 g/mol. The molecule has 2 saturated carbocycles. The van der Waals surface area contributed by atoms with Crippen LogP contribution >= 0.6 is 93.0 Å². The number of carbonyl (C=O) groups excluding carboxylic acids is 2. The summed E-state index contributed by atoms with van der Waals surface area (Å²) in [4.78, 5) is 26.0. The Balaban J connectivity index is 1.44. The number of rotatable bonds is 5. The lowest BCUT2D eigenvalue weighted by molar-refractivity contribution is -0.143. The van der Waals surface area contributed by atoms with Crippen molar-refractivity contribution in [2.45, 2.75) is 28.8 Å². The van der Waals surface area contributed by atoms with Gasteiger partial charge in [-0.1, -0.05) is 15.9 Å². The van der Waals surface area contributed by atoms with E-state index in [1.54, 1.807) is 57.3 Å². The highest BCUT2D eigenvalue weighted by Gasteiger charge is 2.72. The summed E-state index contributed by atoms with van der Waals surface area (Å²) in [7, 11) is -8.92. The largest absolute Gasteiger partial charge is 0.744 e. The molecule has 0 amide bonds. The molecule has 5 rings (SSSR count). The number of hydrogen-bond acceptors (Lipinski definition) is 10. The smallest absolute Gasteiger partial charge is 0.340 e. The highest BCUT2D eigenvalue weighted by atomic mass is 127. The molecule has 2 aromatic carbocycles. The standard InChI is InChI=1S/C21H13Br3I2O10S2/c22-6-1-10(23)15(11(24)2-6)21(28)35-16-8-5-9-17(16)36-38(32,33)18(9)14(8)20(27)34-7-3-12(25)19(13(26)4-7)37(29,30)31/h1-4,8-9,14,16-18H,5H2,(H,29,30,31)/p-1. The van der Waals surface area contributed by atoms with Crippen LogP contribution in [0.4, 0.5) is 0 Å². The first-order valence-corrected chi connectivity index (χ1v) is 18.0. The maximum Gasteiger partial charge on any atom is 0.340 e. The molecule has 3 aliphatic rings. The Morgan fingerprint density at radius 3 is 2.16 bits per heavy atom. The van der Waals surface area contributed by atoms with Crippen LogP contribution in [0.3, 0.4) is 0 Å². The fraction of sp³-hybridized carbons (Fsp3) is 0.333. The fourth-order valence-electron chi connectivity index (χ4n) is 5.39. The van der Waals surface area contributed by atoms with Gasteiger partial charge < -0.3 is 14.0 Å². The van der Waals surface area contributed by atoms with Crippen LogP contribution in [0.25, 0.3) is 0 Å². The zero-order valence-corrected chi connectivity index (χ0v) is 29.0. The average Bonchev–Trinajstić information content (AvgIpc) is 3.34. The highest BCUT2D eigenvalue weighted by molar-refractivity contribution is 14.1. The summed E-state index contributed by atoms with van der Waals surface area (Å²) in [6.45, 7) is 0. The molecule has 38 heavy (non-hydrogen) atoms. The molecular weight excluding hydrogens is 970 g/mol. The number of ether oxygens (including phenoxy) is 2. The molecule has 6 atom stereocenters. The van der Waals surface area contributed by atoms with Crippen molar-refractivity contribution in [2.75, 3.05) is 0 Å². The Morgan fingerprint density at radius 1 is 1.03 bits per heavy atom. The topological polar surface area (TPSA) is 153 Å². The Hall–Kier alpha value is 0.1000. The second-order valence-corrected chi connectivity index (χ2v) is 16.8. The molecule has 2 aromatic rings. The maximum atomic E-state index is 13.3. The minimum Gasteiger partial charge on any atom is -0.744 e. The molecule has 1 heterocycles. The van der Waals surface area contributed by atoms with Crippen molar-refractivity contribution in [1.82, 2.24) is 0 Å². The summed E-state index contributed by atoms with van der Waals surface area (Å²) in [5.74, 6) is -4.10. The Bertz CT molecular complexity index is 1570. The molecule has 0 radical (unpaired) electrons. The van der Waals surface area contributed by atoms with Gasteiger partial charge in [0.1, 0.15) is 33.3 Å². The van der Waals surface area contributed by atoms with Crippen molar-refractivity contribution in [1.29, 1.82) is 0 Å². The van der Waals surface area contributed by atoms with Crippen LogP contribution in [0.15, 0.2) is 42.6 Å². The van der Waals surface area contributed by atoms with E-state index in [4.69, 9.17) is 13.7 Å². The van der Waals surface area contributed by atoms with E-state index in [1.807, 2.05) is 0 Å². The van der Waals surface area contributed by atoms with Crippen LogP contribution < -0.4 is 4.74 Å². The van der Waals surface area contributed by atoms with Gasteiger partial charge in [0.15, 0.2) is 0 Å². The van der Waals surface area contributed by atoms with Crippen LogP contribution in [0, 0.1) is 24.9 Å². The number of benzene rings is 2. The van der Waals surface area contributed by atoms with Crippen molar-refractivity contribution in [3.05, 3.63) is 50.4 Å². The van der Waals surface area contributed by atoms with Gasteiger partial charge in [0.05, 0.1) is 16.4 Å². The van der Waals surface area contributed by atoms with E-state index in [1.165, 1.54) is 12.1 Å². The Kier molecular flexibility index (Phi) is 8.12. The number of hydrogen-bond donors (Lipinski definition) is 0. The van der Waals surface area contributed by atoms with Crippen molar-refractivity contribution < 1.29 is 44.6 Å². The van der Waals surface area contributed by atoms with Gasteiger partial charge >= 0.3 is 11.9 Å². The third kappa shape index (κ3) is 5.13. The third-order valence-corrected chi connectivity index (χ3v) is 13.6. The number of halogens is 5. The van der Waals surface area contributed by atoms with E-state index in [2.05, 4.69) is 47.8 Å². The maximum absolute atomic E-state index is 13.3. The van der Waals surface area contributed by atoms with E-state index >= 15 is 0 Å². The number of carbonyl (C=O) groups is 2. The van der Waals surface area contributed by atoms with Gasteiger partial charge in [-0.25, -0.2) is 13.2 Å². The number of esters is 2. The van der Waals surface area contributed by atoms with Gasteiger partial charge in [-0.3, -0.25) is 8.98 Å². The van der Waals surface area contributed by atoms with Crippen LogP contribution in [0.2, 0.25) is 0 Å². The molecule has 6 unspecified atom stereocenters. The van der Waals surface area contributed by atoms with E-state index in [0.717, 1.165) is 0 Å². The molecule has 0 spiro atoms.